The number of ether oxygens (including phenoxy) is 4. The molecule has 0 bridgehead atoms. The third-order valence-electron chi connectivity index (χ3n) is 10.4. The van der Waals surface area contributed by atoms with E-state index in [4.69, 9.17) is 18.9 Å². The second-order valence-corrected chi connectivity index (χ2v) is 11.9. The van der Waals surface area contributed by atoms with Crippen molar-refractivity contribution in [3.8, 4) is 23.0 Å². The summed E-state index contributed by atoms with van der Waals surface area (Å²) in [5, 5.41) is 16.7. The van der Waals surface area contributed by atoms with Crippen LogP contribution in [0.5, 0.6) is 23.0 Å². The molecule has 8 nitrogen and oxygen atoms in total. The molecule has 4 atom stereocenters. The lowest BCUT2D eigenvalue weighted by molar-refractivity contribution is -0.0482. The molecule has 7 rings (SSSR count). The number of rotatable bonds is 4. The Morgan fingerprint density at radius 3 is 2.46 bits per heavy atom. The number of phenols is 1. The molecule has 1 fully saturated rings. The molecular weight excluding hydrogens is 494 g/mol. The van der Waals surface area contributed by atoms with Gasteiger partial charge in [0.05, 0.1) is 33.0 Å². The summed E-state index contributed by atoms with van der Waals surface area (Å²) >= 11 is 0. The van der Waals surface area contributed by atoms with Gasteiger partial charge in [-0.25, -0.2) is 0 Å². The number of hydrogen-bond acceptors (Lipinski definition) is 7. The smallest absolute Gasteiger partial charge is 0.162 e. The molecule has 0 unspecified atom stereocenters. The van der Waals surface area contributed by atoms with Crippen molar-refractivity contribution in [3.63, 3.8) is 0 Å². The summed E-state index contributed by atoms with van der Waals surface area (Å²) < 4.78 is 23.3. The Bertz CT molecular complexity index is 1470. The van der Waals surface area contributed by atoms with Crippen LogP contribution in [0.4, 0.5) is 0 Å². The highest BCUT2D eigenvalue weighted by atomic mass is 16.5. The number of aromatic amines is 1. The molecule has 2 aromatic carbocycles. The summed E-state index contributed by atoms with van der Waals surface area (Å²) in [6, 6.07) is 6.52. The van der Waals surface area contributed by atoms with Crippen molar-refractivity contribution in [3.05, 3.63) is 46.1 Å². The van der Waals surface area contributed by atoms with Crippen molar-refractivity contribution >= 4 is 10.9 Å². The van der Waals surface area contributed by atoms with Crippen LogP contribution >= 0.6 is 0 Å². The van der Waals surface area contributed by atoms with E-state index in [1.54, 1.807) is 21.3 Å². The first kappa shape index (κ1) is 25.1. The third-order valence-corrected chi connectivity index (χ3v) is 10.4. The van der Waals surface area contributed by atoms with Gasteiger partial charge in [-0.1, -0.05) is 0 Å². The predicted molar refractivity (Wildman–Crippen MR) is 149 cm³/mol. The van der Waals surface area contributed by atoms with E-state index in [1.807, 2.05) is 13.2 Å². The van der Waals surface area contributed by atoms with Gasteiger partial charge < -0.3 is 34.4 Å². The number of likely N-dealkylation sites (N-methyl/N-ethyl adjacent to an activating group) is 1. The number of aromatic nitrogens is 1. The summed E-state index contributed by atoms with van der Waals surface area (Å²) in [6.07, 6.45) is 5.53. The molecule has 0 radical (unpaired) electrons. The number of methoxy groups -OCH3 is 4. The highest BCUT2D eigenvalue weighted by molar-refractivity contribution is 5.88. The van der Waals surface area contributed by atoms with Crippen molar-refractivity contribution < 1.29 is 24.1 Å². The zero-order chi connectivity index (χ0) is 27.1. The van der Waals surface area contributed by atoms with E-state index in [0.717, 1.165) is 74.2 Å². The number of benzene rings is 2. The van der Waals surface area contributed by atoms with Gasteiger partial charge in [0.15, 0.2) is 23.0 Å². The van der Waals surface area contributed by atoms with Gasteiger partial charge in [0, 0.05) is 59.9 Å². The first-order valence-electron chi connectivity index (χ1n) is 14.1. The number of fused-ring (bicyclic) bond motifs is 5. The average Bonchev–Trinajstić information content (AvgIpc) is 3.50. The van der Waals surface area contributed by atoms with Crippen LogP contribution < -0.4 is 19.5 Å². The summed E-state index contributed by atoms with van der Waals surface area (Å²) in [7, 11) is 9.07. The van der Waals surface area contributed by atoms with Gasteiger partial charge in [-0.3, -0.25) is 4.90 Å². The zero-order valence-corrected chi connectivity index (χ0v) is 23.6. The summed E-state index contributed by atoms with van der Waals surface area (Å²) in [5.74, 6) is 2.38. The van der Waals surface area contributed by atoms with Gasteiger partial charge in [0.1, 0.15) is 0 Å². The molecule has 1 aromatic heterocycles. The van der Waals surface area contributed by atoms with Crippen LogP contribution in [-0.2, 0) is 28.5 Å². The maximum atomic E-state index is 11.6. The molecule has 2 aliphatic heterocycles. The maximum absolute atomic E-state index is 11.6. The first-order chi connectivity index (χ1) is 18.9. The molecule has 39 heavy (non-hydrogen) atoms. The molecule has 208 valence electrons. The highest BCUT2D eigenvalue weighted by Gasteiger charge is 2.58. The number of H-pyrrole nitrogens is 1. The van der Waals surface area contributed by atoms with Crippen LogP contribution in [-0.4, -0.2) is 69.7 Å². The van der Waals surface area contributed by atoms with Crippen LogP contribution in [0.2, 0.25) is 0 Å². The van der Waals surface area contributed by atoms with Gasteiger partial charge in [-0.15, -0.1) is 0 Å². The average molecular weight is 534 g/mol. The Kier molecular flexibility index (Phi) is 5.64. The molecule has 4 aliphatic rings. The second-order valence-electron chi connectivity index (χ2n) is 11.9. The van der Waals surface area contributed by atoms with E-state index in [2.05, 4.69) is 34.4 Å². The fourth-order valence-corrected chi connectivity index (χ4v) is 8.53. The minimum absolute atomic E-state index is 0.0751. The fourth-order valence-electron chi connectivity index (χ4n) is 8.53. The Morgan fingerprint density at radius 1 is 0.949 bits per heavy atom. The molecule has 0 saturated heterocycles. The number of nitrogens with one attached hydrogen (secondary N) is 2. The van der Waals surface area contributed by atoms with E-state index in [0.29, 0.717) is 17.5 Å². The first-order valence-corrected chi connectivity index (χ1v) is 14.1. The van der Waals surface area contributed by atoms with Gasteiger partial charge in [-0.05, 0) is 74.4 Å². The van der Waals surface area contributed by atoms with Crippen molar-refractivity contribution in [2.24, 2.45) is 0 Å². The summed E-state index contributed by atoms with van der Waals surface area (Å²) in [6.45, 7) is 1.90. The van der Waals surface area contributed by atoms with Crippen LogP contribution in [0, 0.1) is 0 Å². The molecule has 3 aromatic rings. The van der Waals surface area contributed by atoms with Gasteiger partial charge in [0.2, 0.25) is 0 Å². The Morgan fingerprint density at radius 2 is 1.72 bits per heavy atom. The number of hydrogen-bond donors (Lipinski definition) is 3. The number of aromatic hydroxyl groups is 1. The topological polar surface area (TPSA) is 88.2 Å². The minimum Gasteiger partial charge on any atom is -0.504 e. The Labute approximate surface area is 229 Å². The van der Waals surface area contributed by atoms with Crippen LogP contribution in [0.3, 0.4) is 0 Å². The quantitative estimate of drug-likeness (QED) is 0.461. The van der Waals surface area contributed by atoms with Crippen LogP contribution in [0.15, 0.2) is 18.2 Å². The van der Waals surface area contributed by atoms with Gasteiger partial charge >= 0.3 is 0 Å². The highest BCUT2D eigenvalue weighted by Crippen LogP contribution is 2.63. The van der Waals surface area contributed by atoms with E-state index < -0.39 is 0 Å². The van der Waals surface area contributed by atoms with E-state index >= 15 is 0 Å². The van der Waals surface area contributed by atoms with Crippen LogP contribution in [0.25, 0.3) is 10.9 Å². The van der Waals surface area contributed by atoms with E-state index in [9.17, 15) is 5.11 Å². The molecule has 2 aliphatic carbocycles. The monoisotopic (exact) mass is 533 g/mol. The van der Waals surface area contributed by atoms with Gasteiger partial charge in [-0.2, -0.15) is 0 Å². The molecule has 1 saturated carbocycles. The molecule has 0 amide bonds. The molecule has 3 heterocycles. The van der Waals surface area contributed by atoms with Crippen molar-refractivity contribution in [2.75, 3.05) is 48.6 Å². The Hall–Kier alpha value is -2.94. The van der Waals surface area contributed by atoms with E-state index in [1.165, 1.54) is 27.8 Å². The lowest BCUT2D eigenvalue weighted by atomic mass is 9.61. The fraction of sp³-hybridized carbons (Fsp3) is 0.548. The van der Waals surface area contributed by atoms with Crippen molar-refractivity contribution in [1.29, 1.82) is 0 Å². The number of nitrogens with zero attached hydrogens (tertiary/aromatic N) is 1. The lowest BCUT2D eigenvalue weighted by Gasteiger charge is -2.52. The molecular formula is C31H39N3O5. The predicted octanol–water partition coefficient (Wildman–Crippen LogP) is 4.31. The molecule has 3 N–H and O–H groups in total. The van der Waals surface area contributed by atoms with Crippen molar-refractivity contribution in [2.45, 2.75) is 61.6 Å². The summed E-state index contributed by atoms with van der Waals surface area (Å²) in [5.41, 5.74) is 6.85. The normalized spacial score (nSPS) is 29.6. The van der Waals surface area contributed by atoms with Crippen LogP contribution in [0.1, 0.15) is 59.7 Å². The number of phenolic OH excluding ortho intramolecular Hbond substituents is 1. The van der Waals surface area contributed by atoms with Gasteiger partial charge in [0.25, 0.3) is 0 Å². The largest absolute Gasteiger partial charge is 0.504 e. The Balaban J connectivity index is 1.35. The minimum atomic E-state index is -0.339. The third kappa shape index (κ3) is 3.28. The maximum Gasteiger partial charge on any atom is 0.162 e. The molecule has 8 heteroatoms. The van der Waals surface area contributed by atoms with Crippen molar-refractivity contribution in [1.82, 2.24) is 15.2 Å². The molecule has 2 spiro atoms. The lowest BCUT2D eigenvalue weighted by Crippen LogP contribution is -2.60. The summed E-state index contributed by atoms with van der Waals surface area (Å²) in [4.78, 5) is 6.25. The van der Waals surface area contributed by atoms with E-state index in [-0.39, 0.29) is 17.1 Å². The zero-order valence-electron chi connectivity index (χ0n) is 23.6. The SMILES string of the molecule is COc1cc2[nH]c3c(c2cc1OC)CCN[C@@]31CC[C@@]2(C[C@H]3c4c(cc(OC)c(O)c42)CCN3C)C[C@H]1OC. The standard InChI is InChI=1S/C31H39N3O5/c1-34-11-7-17-12-24(38-4)28(35)27-26(17)21(34)15-30(27)8-9-31(25(16-30)39-5)29-18(6-10-32-31)19-13-22(36-2)23(37-3)14-20(19)33-29/h12-14,21,25,32-33,35H,6-11,15-16H2,1-5H3/t21-,25+,30+,31+/m0/s1. The second kappa shape index (κ2) is 8.78.